The number of nitrogens with one attached hydrogen (secondary N) is 1. The summed E-state index contributed by atoms with van der Waals surface area (Å²) in [4.78, 5) is 29.1. The lowest BCUT2D eigenvalue weighted by atomic mass is 9.96. The molecule has 2 aromatic carbocycles. The Labute approximate surface area is 189 Å². The molecular formula is C25H31N3O4. The van der Waals surface area contributed by atoms with Crippen molar-refractivity contribution in [2.45, 2.75) is 32.4 Å². The van der Waals surface area contributed by atoms with Gasteiger partial charge >= 0.3 is 0 Å². The van der Waals surface area contributed by atoms with Gasteiger partial charge in [-0.2, -0.15) is 0 Å². The largest absolute Gasteiger partial charge is 0.497 e. The number of carbonyl (C=O) groups is 2. The highest BCUT2D eigenvalue weighted by Gasteiger charge is 2.32. The summed E-state index contributed by atoms with van der Waals surface area (Å²) in [5, 5.41) is 3.04. The van der Waals surface area contributed by atoms with E-state index in [0.29, 0.717) is 23.9 Å². The number of rotatable bonds is 7. The van der Waals surface area contributed by atoms with Crippen molar-refractivity contribution >= 4 is 17.5 Å². The van der Waals surface area contributed by atoms with Crippen molar-refractivity contribution in [2.75, 3.05) is 38.2 Å². The Morgan fingerprint density at radius 3 is 2.56 bits per heavy atom. The van der Waals surface area contributed by atoms with Crippen LogP contribution in [-0.2, 0) is 16.1 Å². The summed E-state index contributed by atoms with van der Waals surface area (Å²) >= 11 is 0. The highest BCUT2D eigenvalue weighted by Crippen LogP contribution is 2.33. The summed E-state index contributed by atoms with van der Waals surface area (Å²) in [6.45, 7) is 5.33. The Bertz CT molecular complexity index is 938. The number of likely N-dealkylation sites (tertiary alicyclic amines) is 1. The smallest absolute Gasteiger partial charge is 0.268 e. The molecule has 7 nitrogen and oxygen atoms in total. The Morgan fingerprint density at radius 1 is 1.12 bits per heavy atom. The Hall–Kier alpha value is -3.06. The second kappa shape index (κ2) is 10.0. The van der Waals surface area contributed by atoms with E-state index < -0.39 is 6.10 Å². The second-order valence-electron chi connectivity index (χ2n) is 8.52. The van der Waals surface area contributed by atoms with Crippen molar-refractivity contribution in [2.24, 2.45) is 5.92 Å². The van der Waals surface area contributed by atoms with Gasteiger partial charge in [0.25, 0.3) is 5.91 Å². The summed E-state index contributed by atoms with van der Waals surface area (Å²) < 4.78 is 10.9. The normalized spacial score (nSPS) is 19.2. The van der Waals surface area contributed by atoms with Gasteiger partial charge in [0.15, 0.2) is 6.10 Å². The minimum Gasteiger partial charge on any atom is -0.497 e. The van der Waals surface area contributed by atoms with E-state index in [1.807, 2.05) is 36.4 Å². The third kappa shape index (κ3) is 5.22. The first-order chi connectivity index (χ1) is 15.5. The van der Waals surface area contributed by atoms with Crippen molar-refractivity contribution in [3.05, 3.63) is 54.1 Å². The molecule has 32 heavy (non-hydrogen) atoms. The molecule has 1 N–H and O–H groups in total. The SMILES string of the molecule is COc1ccc(CN2CCC(CNC(=O)CN3C(=O)[C@H](C)Oc4ccccc43)CC2)cc1. The van der Waals surface area contributed by atoms with Gasteiger partial charge in [-0.25, -0.2) is 0 Å². The third-order valence-electron chi connectivity index (χ3n) is 6.24. The Morgan fingerprint density at radius 2 is 1.84 bits per heavy atom. The fraction of sp³-hybridized carbons (Fsp3) is 0.440. The minimum atomic E-state index is -0.590. The standard InChI is InChI=1S/C25H31N3O4/c1-18-25(30)28(22-5-3-4-6-23(22)32-18)17-24(29)26-15-19-11-13-27(14-12-19)16-20-7-9-21(31-2)10-8-20/h3-10,18-19H,11-17H2,1-2H3,(H,26,29)/t18-/m0/s1. The fourth-order valence-corrected chi connectivity index (χ4v) is 4.32. The summed E-state index contributed by atoms with van der Waals surface area (Å²) in [7, 11) is 1.68. The van der Waals surface area contributed by atoms with Crippen LogP contribution in [0.4, 0.5) is 5.69 Å². The van der Waals surface area contributed by atoms with Gasteiger partial charge in [-0.1, -0.05) is 24.3 Å². The van der Waals surface area contributed by atoms with Crippen molar-refractivity contribution in [3.8, 4) is 11.5 Å². The van der Waals surface area contributed by atoms with Crippen LogP contribution in [0.25, 0.3) is 0 Å². The Kier molecular flexibility index (Phi) is 6.95. The maximum atomic E-state index is 12.6. The first-order valence-corrected chi connectivity index (χ1v) is 11.2. The van der Waals surface area contributed by atoms with Crippen molar-refractivity contribution < 1.29 is 19.1 Å². The molecular weight excluding hydrogens is 406 g/mol. The molecule has 1 atom stereocenters. The predicted molar refractivity (Wildman–Crippen MR) is 123 cm³/mol. The van der Waals surface area contributed by atoms with E-state index >= 15 is 0 Å². The number of anilines is 1. The van der Waals surface area contributed by atoms with Gasteiger partial charge in [-0.15, -0.1) is 0 Å². The van der Waals surface area contributed by atoms with Gasteiger partial charge in [0.05, 0.1) is 12.8 Å². The Balaban J connectivity index is 1.23. The highest BCUT2D eigenvalue weighted by atomic mass is 16.5. The monoisotopic (exact) mass is 437 g/mol. The second-order valence-corrected chi connectivity index (χ2v) is 8.52. The van der Waals surface area contributed by atoms with E-state index in [1.165, 1.54) is 10.5 Å². The van der Waals surface area contributed by atoms with Crippen LogP contribution in [0, 0.1) is 5.92 Å². The number of hydrogen-bond acceptors (Lipinski definition) is 5. The fourth-order valence-electron chi connectivity index (χ4n) is 4.32. The van der Waals surface area contributed by atoms with Crippen LogP contribution in [-0.4, -0.2) is 56.1 Å². The number of piperidine rings is 1. The van der Waals surface area contributed by atoms with Crippen LogP contribution >= 0.6 is 0 Å². The number of amides is 2. The zero-order valence-electron chi connectivity index (χ0n) is 18.8. The molecule has 0 aromatic heterocycles. The van der Waals surface area contributed by atoms with Gasteiger partial charge in [-0.05, 0) is 68.6 Å². The van der Waals surface area contributed by atoms with Gasteiger partial charge in [-0.3, -0.25) is 19.4 Å². The molecule has 0 bridgehead atoms. The lowest BCUT2D eigenvalue weighted by Crippen LogP contribution is -2.49. The van der Waals surface area contributed by atoms with E-state index in [9.17, 15) is 9.59 Å². The van der Waals surface area contributed by atoms with Gasteiger partial charge in [0, 0.05) is 13.1 Å². The molecule has 170 valence electrons. The summed E-state index contributed by atoms with van der Waals surface area (Å²) in [5.74, 6) is 1.64. The van der Waals surface area contributed by atoms with Crippen molar-refractivity contribution in [3.63, 3.8) is 0 Å². The van der Waals surface area contributed by atoms with Crippen LogP contribution in [0.15, 0.2) is 48.5 Å². The molecule has 2 heterocycles. The van der Waals surface area contributed by atoms with E-state index in [2.05, 4.69) is 22.3 Å². The maximum absolute atomic E-state index is 12.6. The average Bonchev–Trinajstić information content (AvgIpc) is 2.82. The number of nitrogens with zero attached hydrogens (tertiary/aromatic N) is 2. The van der Waals surface area contributed by atoms with Crippen LogP contribution in [0.3, 0.4) is 0 Å². The van der Waals surface area contributed by atoms with E-state index in [4.69, 9.17) is 9.47 Å². The first kappa shape index (κ1) is 22.1. The summed E-state index contributed by atoms with van der Waals surface area (Å²) in [6, 6.07) is 15.5. The lowest BCUT2D eigenvalue weighted by Gasteiger charge is -2.33. The number of methoxy groups -OCH3 is 1. The van der Waals surface area contributed by atoms with E-state index in [1.54, 1.807) is 14.0 Å². The van der Waals surface area contributed by atoms with Crippen LogP contribution in [0.1, 0.15) is 25.3 Å². The molecule has 2 aromatic rings. The molecule has 0 spiro atoms. The van der Waals surface area contributed by atoms with E-state index in [-0.39, 0.29) is 18.4 Å². The maximum Gasteiger partial charge on any atom is 0.268 e. The molecule has 0 radical (unpaired) electrons. The van der Waals surface area contributed by atoms with Gasteiger partial charge in [0.1, 0.15) is 18.0 Å². The van der Waals surface area contributed by atoms with Gasteiger partial charge in [0.2, 0.25) is 5.91 Å². The number of carbonyl (C=O) groups excluding carboxylic acids is 2. The van der Waals surface area contributed by atoms with Crippen LogP contribution < -0.4 is 19.7 Å². The number of ether oxygens (including phenoxy) is 2. The summed E-state index contributed by atoms with van der Waals surface area (Å²) in [5.41, 5.74) is 1.93. The summed E-state index contributed by atoms with van der Waals surface area (Å²) in [6.07, 6.45) is 1.51. The molecule has 0 saturated carbocycles. The number of fused-ring (bicyclic) bond motifs is 1. The predicted octanol–water partition coefficient (Wildman–Crippen LogP) is 2.84. The molecule has 0 unspecified atom stereocenters. The van der Waals surface area contributed by atoms with Crippen molar-refractivity contribution in [1.29, 1.82) is 0 Å². The molecule has 0 aliphatic carbocycles. The average molecular weight is 438 g/mol. The minimum absolute atomic E-state index is 0.0138. The van der Waals surface area contributed by atoms with E-state index in [0.717, 1.165) is 38.2 Å². The first-order valence-electron chi connectivity index (χ1n) is 11.2. The zero-order valence-corrected chi connectivity index (χ0v) is 18.8. The van der Waals surface area contributed by atoms with Crippen LogP contribution in [0.5, 0.6) is 11.5 Å². The highest BCUT2D eigenvalue weighted by molar-refractivity contribution is 6.03. The van der Waals surface area contributed by atoms with Gasteiger partial charge < -0.3 is 14.8 Å². The quantitative estimate of drug-likeness (QED) is 0.721. The van der Waals surface area contributed by atoms with Crippen LogP contribution in [0.2, 0.25) is 0 Å². The molecule has 2 amide bonds. The topological polar surface area (TPSA) is 71.1 Å². The molecule has 1 fully saturated rings. The number of hydrogen-bond donors (Lipinski definition) is 1. The zero-order chi connectivity index (χ0) is 22.5. The molecule has 2 aliphatic heterocycles. The molecule has 7 heteroatoms. The third-order valence-corrected chi connectivity index (χ3v) is 6.24. The molecule has 4 rings (SSSR count). The molecule has 1 saturated heterocycles. The number of benzene rings is 2. The van der Waals surface area contributed by atoms with Crippen molar-refractivity contribution in [1.82, 2.24) is 10.2 Å². The number of para-hydroxylation sites is 2. The lowest BCUT2D eigenvalue weighted by molar-refractivity contribution is -0.128. The molecule has 2 aliphatic rings.